The van der Waals surface area contributed by atoms with Gasteiger partial charge in [0, 0.05) is 12.8 Å². The van der Waals surface area contributed by atoms with Crippen LogP contribution in [0.4, 0.5) is 0 Å². The molecule has 0 aromatic rings. The first-order chi connectivity index (χ1) is 37.0. The van der Waals surface area contributed by atoms with Crippen molar-refractivity contribution >= 4 is 11.9 Å². The molecule has 0 radical (unpaired) electrons. The third-order valence-electron chi connectivity index (χ3n) is 16.0. The highest BCUT2D eigenvalue weighted by Gasteiger charge is 2.20. The molecule has 444 valence electrons. The summed E-state index contributed by atoms with van der Waals surface area (Å²) in [6.45, 7) is 4.96. The molecule has 3 N–H and O–H groups in total. The lowest BCUT2D eigenvalue weighted by atomic mass is 10.0. The van der Waals surface area contributed by atoms with Crippen molar-refractivity contribution in [1.82, 2.24) is 5.32 Å². The number of nitrogens with one attached hydrogen (secondary N) is 1. The summed E-state index contributed by atoms with van der Waals surface area (Å²) in [6, 6.07) is -0.538. The van der Waals surface area contributed by atoms with E-state index in [1.54, 1.807) is 0 Å². The zero-order valence-corrected chi connectivity index (χ0v) is 50.8. The number of hydrogen-bond acceptors (Lipinski definition) is 5. The number of rotatable bonds is 64. The van der Waals surface area contributed by atoms with Gasteiger partial charge in [-0.1, -0.05) is 314 Å². The maximum absolute atomic E-state index is 12.4. The number of hydrogen-bond donors (Lipinski definition) is 3. The lowest BCUT2D eigenvalue weighted by molar-refractivity contribution is -0.143. The first-order valence-corrected chi connectivity index (χ1v) is 34.1. The van der Waals surface area contributed by atoms with Crippen molar-refractivity contribution in [2.45, 2.75) is 392 Å². The van der Waals surface area contributed by atoms with Gasteiger partial charge in [0.05, 0.1) is 25.4 Å². The predicted molar refractivity (Wildman–Crippen MR) is 329 cm³/mol. The number of aliphatic hydroxyl groups is 2. The Labute approximate surface area is 469 Å². The van der Waals surface area contributed by atoms with Crippen LogP contribution < -0.4 is 5.32 Å². The average Bonchev–Trinajstić information content (AvgIpc) is 3.41. The number of allylic oxidation sites excluding steroid dienone is 4. The van der Waals surface area contributed by atoms with Gasteiger partial charge in [-0.05, 0) is 77.0 Å². The average molecular weight is 1060 g/mol. The Morgan fingerprint density at radius 2 is 0.627 bits per heavy atom. The van der Waals surface area contributed by atoms with Crippen molar-refractivity contribution in [3.05, 3.63) is 24.3 Å². The summed E-state index contributed by atoms with van der Waals surface area (Å²) in [5.41, 5.74) is 0. The van der Waals surface area contributed by atoms with Gasteiger partial charge >= 0.3 is 5.97 Å². The standard InChI is InChI=1S/C69H133NO5/c1-3-5-7-9-11-13-15-16-17-18-34-37-40-43-47-51-55-59-63-69(74)75-64-60-56-52-48-44-41-38-35-32-30-28-26-24-22-20-19-21-23-25-27-29-31-33-36-39-42-46-50-54-58-62-68(73)70-66(65-71)67(72)61-57-53-49-45-14-12-10-8-6-4-2/h17-18,20,22,66-67,71-72H,3-16,19,21,23-65H2,1-2H3,(H,70,73)/b18-17-,22-20-. The molecule has 2 atom stereocenters. The first-order valence-electron chi connectivity index (χ1n) is 34.1. The maximum atomic E-state index is 12.4. The van der Waals surface area contributed by atoms with E-state index in [2.05, 4.69) is 43.5 Å². The van der Waals surface area contributed by atoms with E-state index < -0.39 is 12.1 Å². The van der Waals surface area contributed by atoms with Gasteiger partial charge in [-0.2, -0.15) is 0 Å². The van der Waals surface area contributed by atoms with Crippen LogP contribution in [0.5, 0.6) is 0 Å². The molecule has 75 heavy (non-hydrogen) atoms. The molecule has 0 bridgehead atoms. The van der Waals surface area contributed by atoms with Gasteiger partial charge in [-0.3, -0.25) is 9.59 Å². The number of aliphatic hydroxyl groups excluding tert-OH is 2. The molecule has 0 saturated carbocycles. The van der Waals surface area contributed by atoms with Crippen LogP contribution in [-0.2, 0) is 14.3 Å². The van der Waals surface area contributed by atoms with Crippen LogP contribution in [0, 0.1) is 0 Å². The van der Waals surface area contributed by atoms with E-state index in [0.717, 1.165) is 44.9 Å². The summed E-state index contributed by atoms with van der Waals surface area (Å²) in [5.74, 6) is -0.0189. The topological polar surface area (TPSA) is 95.9 Å². The summed E-state index contributed by atoms with van der Waals surface area (Å²) >= 11 is 0. The lowest BCUT2D eigenvalue weighted by Crippen LogP contribution is -2.45. The fourth-order valence-corrected chi connectivity index (χ4v) is 10.7. The molecule has 0 aromatic carbocycles. The molecule has 6 nitrogen and oxygen atoms in total. The lowest BCUT2D eigenvalue weighted by Gasteiger charge is -2.22. The molecule has 0 saturated heterocycles. The second-order valence-electron chi connectivity index (χ2n) is 23.5. The van der Waals surface area contributed by atoms with Gasteiger partial charge in [-0.25, -0.2) is 0 Å². The minimum Gasteiger partial charge on any atom is -0.466 e. The molecule has 0 rings (SSSR count). The third-order valence-corrected chi connectivity index (χ3v) is 16.0. The Hall–Kier alpha value is -1.66. The Morgan fingerprint density at radius 1 is 0.360 bits per heavy atom. The van der Waals surface area contributed by atoms with Gasteiger partial charge in [-0.15, -0.1) is 0 Å². The highest BCUT2D eigenvalue weighted by molar-refractivity contribution is 5.76. The quantitative estimate of drug-likeness (QED) is 0.0320. The molecule has 6 heteroatoms. The van der Waals surface area contributed by atoms with Crippen LogP contribution in [0.3, 0.4) is 0 Å². The summed E-state index contributed by atoms with van der Waals surface area (Å²) in [7, 11) is 0. The first kappa shape index (κ1) is 73.3. The van der Waals surface area contributed by atoms with Crippen molar-refractivity contribution in [2.75, 3.05) is 13.2 Å². The molecule has 1 amide bonds. The van der Waals surface area contributed by atoms with Gasteiger partial charge in [0.2, 0.25) is 5.91 Å². The fraction of sp³-hybridized carbons (Fsp3) is 0.913. The SMILES string of the molecule is CCCCCCCCC/C=C\CCCCCCCCCC(=O)OCCCCCCCCCCCCCC/C=C\CCCCCCCCCCCCCCCCC(=O)NC(CO)C(O)CCCCCCCCCCCC. The van der Waals surface area contributed by atoms with Gasteiger partial charge in [0.15, 0.2) is 0 Å². The number of ether oxygens (including phenoxy) is 1. The van der Waals surface area contributed by atoms with Crippen molar-refractivity contribution in [2.24, 2.45) is 0 Å². The largest absolute Gasteiger partial charge is 0.466 e. The number of carbonyl (C=O) groups is 2. The Kier molecular flexibility index (Phi) is 63.4. The number of carbonyl (C=O) groups excluding carboxylic acids is 2. The monoisotopic (exact) mass is 1060 g/mol. The second kappa shape index (κ2) is 64.9. The summed E-state index contributed by atoms with van der Waals surface area (Å²) in [4.78, 5) is 24.5. The molecule has 0 aliphatic carbocycles. The number of amides is 1. The molecular formula is C69H133NO5. The third kappa shape index (κ3) is 61.4. The summed E-state index contributed by atoms with van der Waals surface area (Å²) in [6.07, 6.45) is 80.9. The maximum Gasteiger partial charge on any atom is 0.305 e. The molecule has 0 heterocycles. The van der Waals surface area contributed by atoms with Crippen LogP contribution in [0.1, 0.15) is 380 Å². The molecule has 0 aliphatic heterocycles. The summed E-state index contributed by atoms with van der Waals surface area (Å²) in [5, 5.41) is 23.2. The zero-order valence-electron chi connectivity index (χ0n) is 50.8. The van der Waals surface area contributed by atoms with Crippen molar-refractivity contribution < 1.29 is 24.5 Å². The molecular weight excluding hydrogens is 923 g/mol. The molecule has 0 aromatic heterocycles. The van der Waals surface area contributed by atoms with E-state index in [9.17, 15) is 19.8 Å². The van der Waals surface area contributed by atoms with Crippen LogP contribution in [0.25, 0.3) is 0 Å². The van der Waals surface area contributed by atoms with Crippen LogP contribution in [0.15, 0.2) is 24.3 Å². The highest BCUT2D eigenvalue weighted by Crippen LogP contribution is 2.18. The number of esters is 1. The van der Waals surface area contributed by atoms with Crippen molar-refractivity contribution in [1.29, 1.82) is 0 Å². The smallest absolute Gasteiger partial charge is 0.305 e. The number of unbranched alkanes of at least 4 members (excludes halogenated alkanes) is 49. The summed E-state index contributed by atoms with van der Waals surface area (Å²) < 4.78 is 5.50. The van der Waals surface area contributed by atoms with E-state index in [1.807, 2.05) is 0 Å². The van der Waals surface area contributed by atoms with Crippen LogP contribution >= 0.6 is 0 Å². The normalized spacial score (nSPS) is 12.6. The predicted octanol–water partition coefficient (Wildman–Crippen LogP) is 21.8. The second-order valence-corrected chi connectivity index (χ2v) is 23.5. The van der Waals surface area contributed by atoms with Crippen LogP contribution in [-0.4, -0.2) is 47.4 Å². The van der Waals surface area contributed by atoms with E-state index in [-0.39, 0.29) is 18.5 Å². The van der Waals surface area contributed by atoms with Crippen molar-refractivity contribution in [3.63, 3.8) is 0 Å². The van der Waals surface area contributed by atoms with E-state index in [0.29, 0.717) is 25.9 Å². The molecule has 0 fully saturated rings. The van der Waals surface area contributed by atoms with E-state index in [4.69, 9.17) is 4.74 Å². The fourth-order valence-electron chi connectivity index (χ4n) is 10.7. The zero-order chi connectivity index (χ0) is 54.3. The minimum atomic E-state index is -0.661. The molecule has 0 spiro atoms. The van der Waals surface area contributed by atoms with Crippen LogP contribution in [0.2, 0.25) is 0 Å². The Morgan fingerprint density at radius 3 is 0.947 bits per heavy atom. The van der Waals surface area contributed by atoms with Gasteiger partial charge in [0.25, 0.3) is 0 Å². The Balaban J connectivity index is 3.33. The highest BCUT2D eigenvalue weighted by atomic mass is 16.5. The van der Waals surface area contributed by atoms with E-state index >= 15 is 0 Å². The van der Waals surface area contributed by atoms with Crippen molar-refractivity contribution in [3.8, 4) is 0 Å². The van der Waals surface area contributed by atoms with E-state index in [1.165, 1.54) is 302 Å². The molecule has 2 unspecified atom stereocenters. The molecule has 0 aliphatic rings. The Bertz CT molecular complexity index is 1170. The van der Waals surface area contributed by atoms with Gasteiger partial charge in [0.1, 0.15) is 0 Å². The van der Waals surface area contributed by atoms with Gasteiger partial charge < -0.3 is 20.3 Å². The minimum absolute atomic E-state index is 0.0147.